The Morgan fingerprint density at radius 3 is 2.51 bits per heavy atom. The molecule has 0 atom stereocenters. The third kappa shape index (κ3) is 5.90. The van der Waals surface area contributed by atoms with Crippen molar-refractivity contribution in [3.63, 3.8) is 0 Å². The predicted molar refractivity (Wildman–Crippen MR) is 153 cm³/mol. The van der Waals surface area contributed by atoms with E-state index in [0.29, 0.717) is 25.2 Å². The maximum atomic E-state index is 13.8. The highest BCUT2D eigenvalue weighted by Crippen LogP contribution is 2.34. The lowest BCUT2D eigenvalue weighted by Crippen LogP contribution is -2.39. The molecule has 0 bridgehead atoms. The molecule has 2 aromatic heterocycles. The number of nitrogens with zero attached hydrogens (tertiary/aromatic N) is 6. The zero-order valence-corrected chi connectivity index (χ0v) is 24.3. The zero-order chi connectivity index (χ0) is 31.3. The molecule has 1 amide bonds. The summed E-state index contributed by atoms with van der Waals surface area (Å²) in [7, 11) is 0. The quantitative estimate of drug-likeness (QED) is 0.304. The molecule has 10 nitrogen and oxygen atoms in total. The lowest BCUT2D eigenvalue weighted by atomic mass is 9.99. The molecule has 1 aliphatic rings. The highest BCUT2D eigenvalue weighted by Gasteiger charge is 2.34. The third-order valence-electron chi connectivity index (χ3n) is 6.91. The van der Waals surface area contributed by atoms with Gasteiger partial charge < -0.3 is 15.0 Å². The molecule has 1 aliphatic heterocycles. The van der Waals surface area contributed by atoms with Gasteiger partial charge in [0.25, 0.3) is 5.56 Å². The monoisotopic (exact) mass is 593 g/mol. The van der Waals surface area contributed by atoms with Gasteiger partial charge >= 0.3 is 12.3 Å². The number of alkyl halides is 3. The van der Waals surface area contributed by atoms with Gasteiger partial charge in [0.05, 0.1) is 22.9 Å². The maximum absolute atomic E-state index is 13.8. The Balaban J connectivity index is 1.50. The van der Waals surface area contributed by atoms with E-state index in [1.54, 1.807) is 24.8 Å². The SMILES string of the molecule is CC(C)n1c(=O)c2cnc(Nc3ccc4c(c3)CCN(C(=O)OC(C)(C)C)C4)nc2n1-c1ccc(C#N)c(C(F)(F)F)c1. The summed E-state index contributed by atoms with van der Waals surface area (Å²) < 4.78 is 49.4. The molecule has 0 saturated carbocycles. The van der Waals surface area contributed by atoms with E-state index in [0.717, 1.165) is 23.3 Å². The van der Waals surface area contributed by atoms with Crippen molar-refractivity contribution in [3.8, 4) is 11.8 Å². The van der Waals surface area contributed by atoms with Gasteiger partial charge in [-0.3, -0.25) is 4.79 Å². The zero-order valence-electron chi connectivity index (χ0n) is 24.3. The average Bonchev–Trinajstić information content (AvgIpc) is 3.22. The van der Waals surface area contributed by atoms with Crippen LogP contribution in [-0.4, -0.2) is 42.5 Å². The molecular formula is C30H30F3N7O3. The Hall–Kier alpha value is -4.86. The van der Waals surface area contributed by atoms with Crippen molar-refractivity contribution < 1.29 is 22.7 Å². The van der Waals surface area contributed by atoms with E-state index in [1.807, 2.05) is 39.0 Å². The van der Waals surface area contributed by atoms with E-state index in [1.165, 1.54) is 21.6 Å². The molecule has 0 spiro atoms. The van der Waals surface area contributed by atoms with Gasteiger partial charge in [-0.25, -0.2) is 19.1 Å². The lowest BCUT2D eigenvalue weighted by Gasteiger charge is -2.31. The number of nitriles is 1. The number of fused-ring (bicyclic) bond motifs is 2. The summed E-state index contributed by atoms with van der Waals surface area (Å²) in [5, 5.41) is 12.5. The van der Waals surface area contributed by atoms with E-state index in [2.05, 4.69) is 15.3 Å². The molecule has 5 rings (SSSR count). The smallest absolute Gasteiger partial charge is 0.417 e. The number of rotatable bonds is 4. The Morgan fingerprint density at radius 1 is 1.12 bits per heavy atom. The Bertz CT molecular complexity index is 1830. The second-order valence-corrected chi connectivity index (χ2v) is 11.6. The van der Waals surface area contributed by atoms with E-state index in [9.17, 15) is 28.0 Å². The van der Waals surface area contributed by atoms with Crippen LogP contribution in [0.5, 0.6) is 0 Å². The van der Waals surface area contributed by atoms with Crippen LogP contribution in [0.25, 0.3) is 16.7 Å². The fourth-order valence-corrected chi connectivity index (χ4v) is 5.01. The van der Waals surface area contributed by atoms with Crippen LogP contribution < -0.4 is 10.9 Å². The summed E-state index contributed by atoms with van der Waals surface area (Å²) in [6.07, 6.45) is -3.19. The fraction of sp³-hybridized carbons (Fsp3) is 0.367. The van der Waals surface area contributed by atoms with Crippen LogP contribution in [0, 0.1) is 11.3 Å². The van der Waals surface area contributed by atoms with E-state index in [4.69, 9.17) is 4.74 Å². The van der Waals surface area contributed by atoms with Gasteiger partial charge in [-0.05, 0) is 82.5 Å². The van der Waals surface area contributed by atoms with Gasteiger partial charge in [-0.2, -0.15) is 23.4 Å². The van der Waals surface area contributed by atoms with Crippen LogP contribution in [0.1, 0.15) is 62.9 Å². The third-order valence-corrected chi connectivity index (χ3v) is 6.91. The first-order valence-corrected chi connectivity index (χ1v) is 13.6. The fourth-order valence-electron chi connectivity index (χ4n) is 5.01. The molecule has 0 radical (unpaired) electrons. The molecule has 0 aliphatic carbocycles. The van der Waals surface area contributed by atoms with Crippen LogP contribution in [0.3, 0.4) is 0 Å². The minimum Gasteiger partial charge on any atom is -0.444 e. The lowest BCUT2D eigenvalue weighted by molar-refractivity contribution is -0.137. The average molecular weight is 594 g/mol. The summed E-state index contributed by atoms with van der Waals surface area (Å²) in [6, 6.07) is 10.1. The number of carbonyl (C=O) groups excluding carboxylic acids is 1. The van der Waals surface area contributed by atoms with Crippen LogP contribution >= 0.6 is 0 Å². The van der Waals surface area contributed by atoms with Crippen LogP contribution in [-0.2, 0) is 23.9 Å². The van der Waals surface area contributed by atoms with Gasteiger partial charge in [0.2, 0.25) is 5.95 Å². The molecule has 4 aromatic rings. The van der Waals surface area contributed by atoms with Gasteiger partial charge in [-0.1, -0.05) is 6.07 Å². The summed E-state index contributed by atoms with van der Waals surface area (Å²) >= 11 is 0. The predicted octanol–water partition coefficient (Wildman–Crippen LogP) is 6.09. The molecule has 224 valence electrons. The number of benzene rings is 2. The topological polar surface area (TPSA) is 118 Å². The molecule has 3 heterocycles. The van der Waals surface area contributed by atoms with Crippen LogP contribution in [0.15, 0.2) is 47.4 Å². The van der Waals surface area contributed by atoms with Crippen LogP contribution in [0.2, 0.25) is 0 Å². The summed E-state index contributed by atoms with van der Waals surface area (Å²) in [5.74, 6) is 0.137. The molecule has 13 heteroatoms. The summed E-state index contributed by atoms with van der Waals surface area (Å²) in [5.41, 5.74) is 0.132. The van der Waals surface area contributed by atoms with Gasteiger partial charge in [-0.15, -0.1) is 0 Å². The normalized spacial score (nSPS) is 13.6. The number of amides is 1. The maximum Gasteiger partial charge on any atom is 0.417 e. The number of halogens is 3. The number of nitrogens with one attached hydrogen (secondary N) is 1. The standard InChI is InChI=1S/C30H30F3N7O3/c1-17(2)39-26(41)23-15-35-27(37-25(23)40(39)22-9-7-19(14-34)24(13-22)30(31,32)33)36-21-8-6-20-16-38(11-10-18(20)12-21)28(42)43-29(3,4)5/h6-9,12-13,15,17H,10-11,16H2,1-5H3,(H,35,36,37). The largest absolute Gasteiger partial charge is 0.444 e. The first-order chi connectivity index (χ1) is 20.2. The Kier molecular flexibility index (Phi) is 7.41. The molecule has 0 fully saturated rings. The summed E-state index contributed by atoms with van der Waals surface area (Å²) in [6.45, 7) is 9.83. The Morgan fingerprint density at radius 2 is 1.86 bits per heavy atom. The van der Waals surface area contributed by atoms with E-state index in [-0.39, 0.29) is 28.8 Å². The number of hydrogen-bond donors (Lipinski definition) is 1. The van der Waals surface area contributed by atoms with Crippen molar-refractivity contribution in [3.05, 3.63) is 75.2 Å². The molecule has 1 N–H and O–H groups in total. The number of hydrogen-bond acceptors (Lipinski definition) is 7. The first-order valence-electron chi connectivity index (χ1n) is 13.6. The van der Waals surface area contributed by atoms with Gasteiger partial charge in [0, 0.05) is 31.0 Å². The van der Waals surface area contributed by atoms with Crippen molar-refractivity contribution in [2.24, 2.45) is 0 Å². The van der Waals surface area contributed by atoms with E-state index >= 15 is 0 Å². The highest BCUT2D eigenvalue weighted by atomic mass is 19.4. The van der Waals surface area contributed by atoms with Gasteiger partial charge in [0.15, 0.2) is 5.65 Å². The van der Waals surface area contributed by atoms with Gasteiger partial charge in [0.1, 0.15) is 11.0 Å². The number of carbonyl (C=O) groups is 1. The molecule has 43 heavy (non-hydrogen) atoms. The number of aromatic nitrogens is 4. The van der Waals surface area contributed by atoms with Crippen molar-refractivity contribution in [2.75, 3.05) is 11.9 Å². The highest BCUT2D eigenvalue weighted by molar-refractivity contribution is 5.77. The number of ether oxygens (including phenoxy) is 1. The molecule has 0 unspecified atom stereocenters. The second kappa shape index (κ2) is 10.8. The minimum atomic E-state index is -4.77. The van der Waals surface area contributed by atoms with Crippen molar-refractivity contribution in [1.29, 1.82) is 5.26 Å². The minimum absolute atomic E-state index is 0.0279. The molecule has 2 aromatic carbocycles. The van der Waals surface area contributed by atoms with E-state index < -0.39 is 34.5 Å². The van der Waals surface area contributed by atoms with Crippen molar-refractivity contribution in [2.45, 2.75) is 65.4 Å². The first kappa shape index (κ1) is 29.6. The summed E-state index contributed by atoms with van der Waals surface area (Å²) in [4.78, 5) is 36.3. The molecule has 0 saturated heterocycles. The van der Waals surface area contributed by atoms with Crippen molar-refractivity contribution >= 4 is 28.8 Å². The molecular weight excluding hydrogens is 563 g/mol. The van der Waals surface area contributed by atoms with Crippen LogP contribution in [0.4, 0.5) is 29.6 Å². The Labute approximate surface area is 245 Å². The second-order valence-electron chi connectivity index (χ2n) is 11.6. The van der Waals surface area contributed by atoms with Crippen molar-refractivity contribution in [1.82, 2.24) is 24.2 Å². The number of anilines is 2.